The molecule has 1 aromatic heterocycles. The lowest BCUT2D eigenvalue weighted by Gasteiger charge is -2.40. The fourth-order valence-corrected chi connectivity index (χ4v) is 2.43. The summed E-state index contributed by atoms with van der Waals surface area (Å²) in [5.74, 6) is -0.130. The third-order valence-electron chi connectivity index (χ3n) is 2.75. The van der Waals surface area contributed by atoms with Crippen molar-refractivity contribution in [3.8, 4) is 0 Å². The second kappa shape index (κ2) is 4.25. The monoisotopic (exact) mass is 256 g/mol. The third kappa shape index (κ3) is 2.56. The topological polar surface area (TPSA) is 100 Å². The SMILES string of the molecule is CC1(C)NC(=O)C(Cc2ncc(N)s2)NC1O. The molecule has 1 aliphatic rings. The highest BCUT2D eigenvalue weighted by atomic mass is 32.1. The van der Waals surface area contributed by atoms with Gasteiger partial charge >= 0.3 is 0 Å². The Labute approximate surface area is 103 Å². The Hall–Kier alpha value is -1.18. The van der Waals surface area contributed by atoms with E-state index in [1.165, 1.54) is 11.3 Å². The molecule has 0 aromatic carbocycles. The highest BCUT2D eigenvalue weighted by Crippen LogP contribution is 2.19. The van der Waals surface area contributed by atoms with Gasteiger partial charge in [0.1, 0.15) is 11.2 Å². The molecule has 1 amide bonds. The van der Waals surface area contributed by atoms with Gasteiger partial charge in [-0.15, -0.1) is 11.3 Å². The molecule has 94 valence electrons. The molecule has 1 aromatic rings. The van der Waals surface area contributed by atoms with E-state index in [-0.39, 0.29) is 5.91 Å². The number of anilines is 1. The second-order valence-electron chi connectivity index (χ2n) is 4.69. The predicted molar refractivity (Wildman–Crippen MR) is 65.4 cm³/mol. The normalized spacial score (nSPS) is 27.8. The number of aromatic nitrogens is 1. The van der Waals surface area contributed by atoms with Crippen LogP contribution in [0, 0.1) is 0 Å². The Bertz CT molecular complexity index is 432. The Morgan fingerprint density at radius 1 is 1.65 bits per heavy atom. The van der Waals surface area contributed by atoms with Gasteiger partial charge in [-0.3, -0.25) is 10.1 Å². The number of aliphatic hydroxyl groups is 1. The Morgan fingerprint density at radius 3 is 2.94 bits per heavy atom. The van der Waals surface area contributed by atoms with E-state index in [9.17, 15) is 9.90 Å². The molecule has 6 nitrogen and oxygen atoms in total. The van der Waals surface area contributed by atoms with Gasteiger partial charge in [-0.1, -0.05) is 0 Å². The van der Waals surface area contributed by atoms with Gasteiger partial charge < -0.3 is 16.2 Å². The highest BCUT2D eigenvalue weighted by Gasteiger charge is 2.39. The van der Waals surface area contributed by atoms with Crippen LogP contribution < -0.4 is 16.4 Å². The fraction of sp³-hybridized carbons (Fsp3) is 0.600. The molecule has 5 N–H and O–H groups in total. The first-order valence-electron chi connectivity index (χ1n) is 5.35. The quantitative estimate of drug-likeness (QED) is 0.569. The van der Waals surface area contributed by atoms with Crippen LogP contribution in [0.3, 0.4) is 0 Å². The van der Waals surface area contributed by atoms with E-state index in [1.807, 2.05) is 0 Å². The van der Waals surface area contributed by atoms with E-state index in [4.69, 9.17) is 5.73 Å². The molecule has 2 rings (SSSR count). The van der Waals surface area contributed by atoms with E-state index in [2.05, 4.69) is 15.6 Å². The van der Waals surface area contributed by atoms with Crippen molar-refractivity contribution in [3.63, 3.8) is 0 Å². The summed E-state index contributed by atoms with van der Waals surface area (Å²) >= 11 is 1.35. The molecule has 1 aliphatic heterocycles. The van der Waals surface area contributed by atoms with E-state index in [0.29, 0.717) is 11.4 Å². The number of nitrogen functional groups attached to an aromatic ring is 1. The van der Waals surface area contributed by atoms with Crippen LogP contribution >= 0.6 is 11.3 Å². The molecule has 2 heterocycles. The van der Waals surface area contributed by atoms with Crippen LogP contribution in [0.5, 0.6) is 0 Å². The van der Waals surface area contributed by atoms with Crippen molar-refractivity contribution < 1.29 is 9.90 Å². The van der Waals surface area contributed by atoms with Crippen LogP contribution in [-0.2, 0) is 11.2 Å². The number of aliphatic hydroxyl groups excluding tert-OH is 1. The maximum atomic E-state index is 11.8. The lowest BCUT2D eigenvalue weighted by atomic mass is 9.97. The average Bonchev–Trinajstić information content (AvgIpc) is 2.60. The van der Waals surface area contributed by atoms with Crippen molar-refractivity contribution in [2.75, 3.05) is 5.73 Å². The molecule has 1 saturated heterocycles. The number of hydrogen-bond donors (Lipinski definition) is 4. The van der Waals surface area contributed by atoms with Crippen LogP contribution in [0.2, 0.25) is 0 Å². The molecule has 0 aliphatic carbocycles. The van der Waals surface area contributed by atoms with Gasteiger partial charge in [-0.25, -0.2) is 4.98 Å². The van der Waals surface area contributed by atoms with Crippen LogP contribution in [0.15, 0.2) is 6.20 Å². The third-order valence-corrected chi connectivity index (χ3v) is 3.60. The predicted octanol–water partition coefficient (Wildman–Crippen LogP) is -0.547. The molecule has 0 radical (unpaired) electrons. The minimum absolute atomic E-state index is 0.130. The Kier molecular flexibility index (Phi) is 3.07. The van der Waals surface area contributed by atoms with Gasteiger partial charge in [0.15, 0.2) is 0 Å². The minimum Gasteiger partial charge on any atom is -0.389 e. The molecule has 7 heteroatoms. The van der Waals surface area contributed by atoms with Gasteiger partial charge in [0.05, 0.1) is 22.8 Å². The van der Waals surface area contributed by atoms with Crippen molar-refractivity contribution in [3.05, 3.63) is 11.2 Å². The van der Waals surface area contributed by atoms with Crippen molar-refractivity contribution in [2.45, 2.75) is 38.1 Å². The number of carbonyl (C=O) groups excluding carboxylic acids is 1. The molecule has 0 saturated carbocycles. The number of nitrogens with one attached hydrogen (secondary N) is 2. The average molecular weight is 256 g/mol. The number of rotatable bonds is 2. The van der Waals surface area contributed by atoms with E-state index in [1.54, 1.807) is 20.0 Å². The van der Waals surface area contributed by atoms with E-state index in [0.717, 1.165) is 5.01 Å². The second-order valence-corrected chi connectivity index (χ2v) is 5.84. The summed E-state index contributed by atoms with van der Waals surface area (Å²) in [6, 6.07) is -0.469. The maximum Gasteiger partial charge on any atom is 0.238 e. The number of nitrogens with zero attached hydrogens (tertiary/aromatic N) is 1. The summed E-state index contributed by atoms with van der Waals surface area (Å²) in [6.45, 7) is 3.53. The number of amides is 1. The molecular weight excluding hydrogens is 240 g/mol. The van der Waals surface area contributed by atoms with Crippen molar-refractivity contribution in [1.29, 1.82) is 0 Å². The summed E-state index contributed by atoms with van der Waals surface area (Å²) in [5, 5.41) is 16.9. The van der Waals surface area contributed by atoms with Gasteiger partial charge in [0.25, 0.3) is 0 Å². The highest BCUT2D eigenvalue weighted by molar-refractivity contribution is 7.15. The fourth-order valence-electron chi connectivity index (χ4n) is 1.69. The largest absolute Gasteiger partial charge is 0.389 e. The number of hydrogen-bond acceptors (Lipinski definition) is 6. The lowest BCUT2D eigenvalue weighted by molar-refractivity contribution is -0.133. The summed E-state index contributed by atoms with van der Waals surface area (Å²) in [6.07, 6.45) is 1.23. The molecular formula is C10H16N4O2S. The van der Waals surface area contributed by atoms with Crippen molar-refractivity contribution in [1.82, 2.24) is 15.6 Å². The van der Waals surface area contributed by atoms with Crippen LogP contribution in [-0.4, -0.2) is 33.8 Å². The summed E-state index contributed by atoms with van der Waals surface area (Å²) in [4.78, 5) is 15.9. The van der Waals surface area contributed by atoms with Crippen LogP contribution in [0.4, 0.5) is 5.00 Å². The zero-order valence-corrected chi connectivity index (χ0v) is 10.5. The zero-order chi connectivity index (χ0) is 12.6. The first kappa shape index (κ1) is 12.3. The minimum atomic E-state index is -0.775. The molecule has 2 atom stereocenters. The number of nitrogens with two attached hydrogens (primary N) is 1. The van der Waals surface area contributed by atoms with Gasteiger partial charge in [0.2, 0.25) is 5.91 Å². The number of carbonyl (C=O) groups is 1. The van der Waals surface area contributed by atoms with Crippen molar-refractivity contribution in [2.24, 2.45) is 0 Å². The number of piperazine rings is 1. The van der Waals surface area contributed by atoms with Crippen molar-refractivity contribution >= 4 is 22.2 Å². The molecule has 1 fully saturated rings. The van der Waals surface area contributed by atoms with E-state index >= 15 is 0 Å². The van der Waals surface area contributed by atoms with E-state index < -0.39 is 17.8 Å². The standard InChI is InChI=1S/C10H16N4O2S/c1-10(2)9(16)13-5(8(15)14-10)3-7-12-4-6(11)17-7/h4-5,9,13,16H,3,11H2,1-2H3,(H,14,15). The summed E-state index contributed by atoms with van der Waals surface area (Å²) in [7, 11) is 0. The van der Waals surface area contributed by atoms with Crippen LogP contribution in [0.25, 0.3) is 0 Å². The molecule has 17 heavy (non-hydrogen) atoms. The zero-order valence-electron chi connectivity index (χ0n) is 9.73. The summed E-state index contributed by atoms with van der Waals surface area (Å²) < 4.78 is 0. The summed E-state index contributed by atoms with van der Waals surface area (Å²) in [5.41, 5.74) is 4.92. The maximum absolute atomic E-state index is 11.8. The lowest BCUT2D eigenvalue weighted by Crippen LogP contribution is -2.69. The number of thiazole rings is 1. The van der Waals surface area contributed by atoms with Crippen LogP contribution in [0.1, 0.15) is 18.9 Å². The van der Waals surface area contributed by atoms with Gasteiger partial charge in [0, 0.05) is 6.42 Å². The first-order chi connectivity index (χ1) is 7.88. The van der Waals surface area contributed by atoms with Gasteiger partial charge in [-0.05, 0) is 13.8 Å². The molecule has 2 unspecified atom stereocenters. The smallest absolute Gasteiger partial charge is 0.238 e. The molecule has 0 bridgehead atoms. The Balaban J connectivity index is 2.05. The Morgan fingerprint density at radius 2 is 2.35 bits per heavy atom. The first-order valence-corrected chi connectivity index (χ1v) is 6.16. The van der Waals surface area contributed by atoms with Gasteiger partial charge in [-0.2, -0.15) is 0 Å². The molecule has 0 spiro atoms.